The average Bonchev–Trinajstić information content (AvgIpc) is 3.21. The van der Waals surface area contributed by atoms with Crippen molar-refractivity contribution in [3.8, 4) is 0 Å². The van der Waals surface area contributed by atoms with Gasteiger partial charge in [0, 0.05) is 50.1 Å². The van der Waals surface area contributed by atoms with Gasteiger partial charge in [-0.1, -0.05) is 35.4 Å². The van der Waals surface area contributed by atoms with Crippen LogP contribution in [0.5, 0.6) is 0 Å². The lowest BCUT2D eigenvalue weighted by atomic mass is 10.0. The molecule has 0 atom stereocenters. The summed E-state index contributed by atoms with van der Waals surface area (Å²) in [7, 11) is -3.78. The largest absolute Gasteiger partial charge is 0.345 e. The Hall–Kier alpha value is -2.82. The molecule has 0 radical (unpaired) electrons. The van der Waals surface area contributed by atoms with Crippen molar-refractivity contribution in [2.45, 2.75) is 25.2 Å². The van der Waals surface area contributed by atoms with Crippen molar-refractivity contribution in [1.29, 1.82) is 0 Å². The summed E-state index contributed by atoms with van der Waals surface area (Å²) in [5.74, 6) is 0. The van der Waals surface area contributed by atoms with Gasteiger partial charge >= 0.3 is 0 Å². The van der Waals surface area contributed by atoms with E-state index in [0.29, 0.717) is 26.2 Å². The molecule has 0 N–H and O–H groups in total. The first kappa shape index (κ1) is 22.4. The Morgan fingerprint density at radius 1 is 1.06 bits per heavy atom. The smallest absolute Gasteiger partial charge is 0.270 e. The second-order valence-electron chi connectivity index (χ2n) is 7.94. The lowest BCUT2D eigenvalue weighted by Crippen LogP contribution is -2.48. The van der Waals surface area contributed by atoms with E-state index in [1.165, 1.54) is 39.2 Å². The maximum Gasteiger partial charge on any atom is 0.270 e. The van der Waals surface area contributed by atoms with Gasteiger partial charge in [0.05, 0.1) is 15.5 Å². The van der Waals surface area contributed by atoms with Crippen molar-refractivity contribution in [3.05, 3.63) is 80.3 Å². The molecule has 2 aromatic carbocycles. The first-order valence-corrected chi connectivity index (χ1v) is 12.6. The number of aryl methyl sites for hydroxylation is 2. The minimum Gasteiger partial charge on any atom is -0.345 e. The molecular weight excluding hydrogens is 448 g/mol. The van der Waals surface area contributed by atoms with E-state index in [-0.39, 0.29) is 10.6 Å². The third kappa shape index (κ3) is 4.82. The molecule has 0 aliphatic carbocycles. The Kier molecular flexibility index (Phi) is 6.27. The van der Waals surface area contributed by atoms with Gasteiger partial charge in [0.2, 0.25) is 10.0 Å². The first-order chi connectivity index (χ1) is 15.2. The van der Waals surface area contributed by atoms with Crippen molar-refractivity contribution >= 4 is 32.2 Å². The Morgan fingerprint density at radius 2 is 1.75 bits per heavy atom. The SMILES string of the molecule is Cc1cc(C)cc(Cc2csc(N3CCN(S(=O)(=O)c4cccc([N+](=O)[O-])c4)CC3)n2)c1. The number of benzene rings is 2. The molecule has 0 bridgehead atoms. The van der Waals surface area contributed by atoms with Gasteiger partial charge in [0.1, 0.15) is 0 Å². The van der Waals surface area contributed by atoms with Crippen LogP contribution in [0.15, 0.2) is 52.7 Å². The molecule has 10 heteroatoms. The number of anilines is 1. The zero-order valence-corrected chi connectivity index (χ0v) is 19.5. The van der Waals surface area contributed by atoms with Crippen LogP contribution >= 0.6 is 11.3 Å². The molecule has 4 rings (SSSR count). The van der Waals surface area contributed by atoms with Crippen LogP contribution in [-0.4, -0.2) is 48.8 Å². The Morgan fingerprint density at radius 3 is 2.41 bits per heavy atom. The number of piperazine rings is 1. The molecule has 8 nitrogen and oxygen atoms in total. The van der Waals surface area contributed by atoms with Gasteiger partial charge in [-0.05, 0) is 25.5 Å². The van der Waals surface area contributed by atoms with Crippen LogP contribution in [0, 0.1) is 24.0 Å². The zero-order valence-electron chi connectivity index (χ0n) is 17.9. The summed E-state index contributed by atoms with van der Waals surface area (Å²) >= 11 is 1.57. The van der Waals surface area contributed by atoms with E-state index in [1.807, 2.05) is 0 Å². The summed E-state index contributed by atoms with van der Waals surface area (Å²) in [4.78, 5) is 17.2. The van der Waals surface area contributed by atoms with Crippen LogP contribution in [-0.2, 0) is 16.4 Å². The molecule has 3 aromatic rings. The number of non-ortho nitro benzene ring substituents is 1. The summed E-state index contributed by atoms with van der Waals surface area (Å²) in [6, 6.07) is 11.7. The molecule has 1 aliphatic heterocycles. The Labute approximate surface area is 191 Å². The van der Waals surface area contributed by atoms with E-state index in [1.54, 1.807) is 11.3 Å². The number of nitro benzene ring substituents is 1. The quantitative estimate of drug-likeness (QED) is 0.400. The molecule has 1 aliphatic rings. The fourth-order valence-corrected chi connectivity index (χ4v) is 6.27. The van der Waals surface area contributed by atoms with Crippen molar-refractivity contribution < 1.29 is 13.3 Å². The van der Waals surface area contributed by atoms with Crippen LogP contribution in [0.4, 0.5) is 10.8 Å². The normalized spacial score (nSPS) is 15.1. The third-order valence-electron chi connectivity index (χ3n) is 5.38. The Balaban J connectivity index is 1.42. The number of rotatable bonds is 6. The second kappa shape index (κ2) is 8.97. The summed E-state index contributed by atoms with van der Waals surface area (Å²) in [6.07, 6.45) is 0.764. The first-order valence-electron chi connectivity index (χ1n) is 10.2. The minimum absolute atomic E-state index is 0.0508. The standard InChI is InChI=1S/C22H24N4O4S2/c1-16-10-17(2)12-18(11-16)13-19-15-31-22(23-19)24-6-8-25(9-7-24)32(29,30)21-5-3-4-20(14-21)26(27)28/h3-5,10-12,14-15H,6-9,13H2,1-2H3. The van der Waals surface area contributed by atoms with Gasteiger partial charge in [-0.3, -0.25) is 10.1 Å². The zero-order chi connectivity index (χ0) is 22.9. The molecular formula is C22H24N4O4S2. The summed E-state index contributed by atoms with van der Waals surface area (Å²) in [5, 5.41) is 13.9. The predicted molar refractivity (Wildman–Crippen MR) is 125 cm³/mol. The maximum absolute atomic E-state index is 12.9. The van der Waals surface area contributed by atoms with Crippen molar-refractivity contribution in [3.63, 3.8) is 0 Å². The fraction of sp³-hybridized carbons (Fsp3) is 0.318. The number of nitrogens with zero attached hydrogens (tertiary/aromatic N) is 4. The molecule has 1 saturated heterocycles. The second-order valence-corrected chi connectivity index (χ2v) is 10.7. The van der Waals surface area contributed by atoms with Crippen LogP contribution in [0.3, 0.4) is 0 Å². The number of hydrogen-bond acceptors (Lipinski definition) is 7. The summed E-state index contributed by atoms with van der Waals surface area (Å²) in [5.41, 5.74) is 4.46. The number of hydrogen-bond donors (Lipinski definition) is 0. The highest BCUT2D eigenvalue weighted by Gasteiger charge is 2.30. The maximum atomic E-state index is 12.9. The van der Waals surface area contributed by atoms with E-state index in [2.05, 4.69) is 42.3 Å². The average molecular weight is 473 g/mol. The van der Waals surface area contributed by atoms with Gasteiger partial charge in [0.25, 0.3) is 5.69 Å². The molecule has 0 spiro atoms. The molecule has 0 unspecified atom stereocenters. The van der Waals surface area contributed by atoms with Gasteiger partial charge in [-0.25, -0.2) is 13.4 Å². The number of nitro groups is 1. The van der Waals surface area contributed by atoms with E-state index in [4.69, 9.17) is 4.98 Å². The van der Waals surface area contributed by atoms with Crippen molar-refractivity contribution in [2.24, 2.45) is 0 Å². The Bertz CT molecular complexity index is 1230. The van der Waals surface area contributed by atoms with E-state index in [0.717, 1.165) is 23.3 Å². The van der Waals surface area contributed by atoms with Gasteiger partial charge < -0.3 is 4.90 Å². The topological polar surface area (TPSA) is 96.7 Å². The predicted octanol–water partition coefficient (Wildman–Crippen LogP) is 3.77. The molecule has 32 heavy (non-hydrogen) atoms. The summed E-state index contributed by atoms with van der Waals surface area (Å²) in [6.45, 7) is 5.82. The molecule has 1 fully saturated rings. The van der Waals surface area contributed by atoms with Gasteiger partial charge in [-0.15, -0.1) is 11.3 Å². The molecule has 0 saturated carbocycles. The van der Waals surface area contributed by atoms with Gasteiger partial charge in [0.15, 0.2) is 5.13 Å². The monoisotopic (exact) mass is 472 g/mol. The highest BCUT2D eigenvalue weighted by molar-refractivity contribution is 7.89. The van der Waals surface area contributed by atoms with Crippen LogP contribution in [0.1, 0.15) is 22.4 Å². The molecule has 0 amide bonds. The number of thiazole rings is 1. The highest BCUT2D eigenvalue weighted by atomic mass is 32.2. The third-order valence-corrected chi connectivity index (χ3v) is 8.23. The van der Waals surface area contributed by atoms with Crippen LogP contribution < -0.4 is 4.90 Å². The number of aromatic nitrogens is 1. The van der Waals surface area contributed by atoms with Crippen LogP contribution in [0.25, 0.3) is 0 Å². The molecule has 1 aromatic heterocycles. The highest BCUT2D eigenvalue weighted by Crippen LogP contribution is 2.26. The van der Waals surface area contributed by atoms with Gasteiger partial charge in [-0.2, -0.15) is 4.31 Å². The van der Waals surface area contributed by atoms with Crippen molar-refractivity contribution in [1.82, 2.24) is 9.29 Å². The van der Waals surface area contributed by atoms with E-state index in [9.17, 15) is 18.5 Å². The molecule has 168 valence electrons. The van der Waals surface area contributed by atoms with Crippen molar-refractivity contribution in [2.75, 3.05) is 31.1 Å². The minimum atomic E-state index is -3.78. The molecule has 2 heterocycles. The lowest BCUT2D eigenvalue weighted by molar-refractivity contribution is -0.385. The fourth-order valence-electron chi connectivity index (χ4n) is 3.93. The number of sulfonamides is 1. The lowest BCUT2D eigenvalue weighted by Gasteiger charge is -2.33. The van der Waals surface area contributed by atoms with E-state index >= 15 is 0 Å². The van der Waals surface area contributed by atoms with Crippen LogP contribution in [0.2, 0.25) is 0 Å². The summed E-state index contributed by atoms with van der Waals surface area (Å²) < 4.78 is 27.3. The van der Waals surface area contributed by atoms with E-state index < -0.39 is 14.9 Å².